The highest BCUT2D eigenvalue weighted by atomic mass is 79.9. The van der Waals surface area contributed by atoms with E-state index in [9.17, 15) is 9.59 Å². The molecule has 7 heteroatoms. The summed E-state index contributed by atoms with van der Waals surface area (Å²) in [5, 5.41) is 11.6. The summed E-state index contributed by atoms with van der Waals surface area (Å²) in [4.78, 5) is 24.1. The van der Waals surface area contributed by atoms with Crippen molar-refractivity contribution >= 4 is 50.9 Å². The van der Waals surface area contributed by atoms with Gasteiger partial charge in [0.15, 0.2) is 5.17 Å². The highest BCUT2D eigenvalue weighted by molar-refractivity contribution is 9.10. The van der Waals surface area contributed by atoms with Gasteiger partial charge in [-0.25, -0.2) is 4.79 Å². The summed E-state index contributed by atoms with van der Waals surface area (Å²) >= 11 is 4.32. The van der Waals surface area contributed by atoms with Gasteiger partial charge in [-0.15, -0.1) is 0 Å². The van der Waals surface area contributed by atoms with Crippen LogP contribution in [0.3, 0.4) is 0 Å². The summed E-state index contributed by atoms with van der Waals surface area (Å²) < 4.78 is 0.917. The van der Waals surface area contributed by atoms with Crippen LogP contribution in [-0.4, -0.2) is 28.4 Å². The summed E-state index contributed by atoms with van der Waals surface area (Å²) in [7, 11) is 0. The molecule has 2 N–H and O–H groups in total. The average Bonchev–Trinajstić information content (AvgIpc) is 2.28. The predicted octanol–water partition coefficient (Wildman–Crippen LogP) is 2.83. The molecule has 0 fully saturated rings. The number of amidine groups is 1. The van der Waals surface area contributed by atoms with Crippen molar-refractivity contribution < 1.29 is 14.7 Å². The van der Waals surface area contributed by atoms with E-state index in [-0.39, 0.29) is 10.9 Å². The molecule has 0 saturated carbocycles. The van der Waals surface area contributed by atoms with Gasteiger partial charge in [-0.3, -0.25) is 0 Å². The van der Waals surface area contributed by atoms with Crippen LogP contribution in [0.1, 0.15) is 0 Å². The van der Waals surface area contributed by atoms with E-state index >= 15 is 0 Å². The van der Waals surface area contributed by atoms with Gasteiger partial charge in [0.2, 0.25) is 0 Å². The maximum atomic E-state index is 10.5. The van der Waals surface area contributed by atoms with Crippen LogP contribution in [-0.2, 0) is 4.79 Å². The molecule has 90 valence electrons. The van der Waals surface area contributed by atoms with Crippen LogP contribution >= 0.6 is 27.7 Å². The van der Waals surface area contributed by atoms with Crippen molar-refractivity contribution in [1.29, 1.82) is 0 Å². The van der Waals surface area contributed by atoms with Gasteiger partial charge in [0.1, 0.15) is 6.29 Å². The van der Waals surface area contributed by atoms with Crippen molar-refractivity contribution in [3.8, 4) is 0 Å². The molecule has 0 spiro atoms. The Bertz CT molecular complexity index is 434. The van der Waals surface area contributed by atoms with Crippen molar-refractivity contribution in [3.05, 3.63) is 28.7 Å². The number of benzene rings is 1. The summed E-state index contributed by atoms with van der Waals surface area (Å²) in [5.41, 5.74) is 0.701. The number of halogens is 1. The number of amides is 1. The van der Waals surface area contributed by atoms with Gasteiger partial charge < -0.3 is 15.2 Å². The third-order valence-electron chi connectivity index (χ3n) is 1.58. The maximum Gasteiger partial charge on any atom is 0.433 e. The summed E-state index contributed by atoms with van der Waals surface area (Å²) in [6.45, 7) is 0. The quantitative estimate of drug-likeness (QED) is 0.509. The first-order chi connectivity index (χ1) is 8.11. The molecule has 0 aliphatic carbocycles. The van der Waals surface area contributed by atoms with Crippen LogP contribution < -0.4 is 5.32 Å². The van der Waals surface area contributed by atoms with Crippen molar-refractivity contribution in [2.45, 2.75) is 0 Å². The zero-order chi connectivity index (χ0) is 12.7. The Balaban J connectivity index is 2.75. The predicted molar refractivity (Wildman–Crippen MR) is 71.7 cm³/mol. The van der Waals surface area contributed by atoms with E-state index in [0.29, 0.717) is 12.0 Å². The molecule has 1 rings (SSSR count). The van der Waals surface area contributed by atoms with Gasteiger partial charge in [0, 0.05) is 10.2 Å². The minimum absolute atomic E-state index is 0.148. The molecule has 17 heavy (non-hydrogen) atoms. The van der Waals surface area contributed by atoms with Gasteiger partial charge in [0.05, 0.1) is 5.75 Å². The van der Waals surface area contributed by atoms with Gasteiger partial charge >= 0.3 is 6.09 Å². The lowest BCUT2D eigenvalue weighted by atomic mass is 10.3. The Kier molecular flexibility index (Phi) is 5.71. The van der Waals surface area contributed by atoms with Crippen LogP contribution in [0.15, 0.2) is 33.7 Å². The normalized spacial score (nSPS) is 11.0. The molecule has 0 aromatic heterocycles. The summed E-state index contributed by atoms with van der Waals surface area (Å²) in [5.74, 6) is 0.148. The highest BCUT2D eigenvalue weighted by Gasteiger charge is 2.03. The third-order valence-corrected chi connectivity index (χ3v) is 2.88. The van der Waals surface area contributed by atoms with Gasteiger partial charge in [-0.2, -0.15) is 4.99 Å². The lowest BCUT2D eigenvalue weighted by Crippen LogP contribution is -2.11. The molecule has 1 aromatic rings. The number of aliphatic imine (C=N–C) groups is 1. The number of hydrogen-bond acceptors (Lipinski definition) is 3. The van der Waals surface area contributed by atoms with E-state index in [1.54, 1.807) is 12.1 Å². The number of carboxylic acid groups (broad SMARTS) is 1. The fourth-order valence-corrected chi connectivity index (χ4v) is 1.78. The standard InChI is InChI=1S/C10H9BrN2O3S/c11-7-1-3-8(4-2-7)12-9(13-10(15)16)17-6-5-14/h1-5H,6H2,(H,12,13)(H,15,16). The molecule has 0 atom stereocenters. The van der Waals surface area contributed by atoms with Crippen LogP contribution in [0, 0.1) is 0 Å². The lowest BCUT2D eigenvalue weighted by Gasteiger charge is -2.06. The number of nitrogens with zero attached hydrogens (tertiary/aromatic N) is 1. The van der Waals surface area contributed by atoms with E-state index in [1.807, 2.05) is 12.1 Å². The van der Waals surface area contributed by atoms with E-state index < -0.39 is 6.09 Å². The Morgan fingerprint density at radius 1 is 1.47 bits per heavy atom. The Morgan fingerprint density at radius 2 is 2.12 bits per heavy atom. The fraction of sp³-hybridized carbons (Fsp3) is 0.100. The van der Waals surface area contributed by atoms with Gasteiger partial charge in [-0.1, -0.05) is 27.7 Å². The molecule has 1 amide bonds. The number of nitrogens with one attached hydrogen (secondary N) is 1. The first-order valence-electron chi connectivity index (χ1n) is 4.52. The number of rotatable bonds is 3. The van der Waals surface area contributed by atoms with Crippen molar-refractivity contribution in [3.63, 3.8) is 0 Å². The maximum absolute atomic E-state index is 10.5. The number of carbonyl (C=O) groups excluding carboxylic acids is 1. The molecule has 0 aliphatic heterocycles. The van der Waals surface area contributed by atoms with Gasteiger partial charge in [0.25, 0.3) is 0 Å². The van der Waals surface area contributed by atoms with Crippen molar-refractivity contribution in [2.75, 3.05) is 11.1 Å². The summed E-state index contributed by atoms with van der Waals surface area (Å²) in [6, 6.07) is 7.15. The topological polar surface area (TPSA) is 78.8 Å². The fourth-order valence-electron chi connectivity index (χ4n) is 0.953. The number of hydrogen-bond donors (Lipinski definition) is 2. The zero-order valence-electron chi connectivity index (χ0n) is 8.59. The number of anilines is 1. The monoisotopic (exact) mass is 316 g/mol. The largest absolute Gasteiger partial charge is 0.463 e. The molecular weight excluding hydrogens is 308 g/mol. The number of thioether (sulfide) groups is 1. The first kappa shape index (κ1) is 13.7. The Hall–Kier alpha value is -1.34. The number of aldehydes is 1. The van der Waals surface area contributed by atoms with Crippen LogP contribution in [0.5, 0.6) is 0 Å². The minimum Gasteiger partial charge on any atom is -0.463 e. The molecule has 0 unspecified atom stereocenters. The van der Waals surface area contributed by atoms with Crippen LogP contribution in [0.2, 0.25) is 0 Å². The SMILES string of the molecule is O=CCS/C(=N/C(=O)O)Nc1ccc(Br)cc1. The molecule has 0 heterocycles. The van der Waals surface area contributed by atoms with Crippen LogP contribution in [0.25, 0.3) is 0 Å². The molecule has 1 aromatic carbocycles. The molecule has 0 bridgehead atoms. The Morgan fingerprint density at radius 3 is 2.65 bits per heavy atom. The lowest BCUT2D eigenvalue weighted by molar-refractivity contribution is -0.105. The van der Waals surface area contributed by atoms with E-state index in [2.05, 4.69) is 26.2 Å². The molecular formula is C10H9BrN2O3S. The second-order valence-electron chi connectivity index (χ2n) is 2.81. The van der Waals surface area contributed by atoms with E-state index in [4.69, 9.17) is 5.11 Å². The highest BCUT2D eigenvalue weighted by Crippen LogP contribution is 2.16. The zero-order valence-corrected chi connectivity index (χ0v) is 11.0. The van der Waals surface area contributed by atoms with E-state index in [0.717, 1.165) is 16.2 Å². The van der Waals surface area contributed by atoms with Gasteiger partial charge in [-0.05, 0) is 24.3 Å². The Labute approximate surface area is 110 Å². The third kappa shape index (κ3) is 5.50. The average molecular weight is 317 g/mol. The van der Waals surface area contributed by atoms with Crippen molar-refractivity contribution in [1.82, 2.24) is 0 Å². The molecule has 0 saturated heterocycles. The summed E-state index contributed by atoms with van der Waals surface area (Å²) in [6.07, 6.45) is -0.617. The number of carbonyl (C=O) groups is 2. The smallest absolute Gasteiger partial charge is 0.433 e. The van der Waals surface area contributed by atoms with Crippen molar-refractivity contribution in [2.24, 2.45) is 4.99 Å². The molecule has 5 nitrogen and oxygen atoms in total. The molecule has 0 radical (unpaired) electrons. The second kappa shape index (κ2) is 7.08. The molecule has 0 aliphatic rings. The second-order valence-corrected chi connectivity index (χ2v) is 4.73. The van der Waals surface area contributed by atoms with E-state index in [1.165, 1.54) is 0 Å². The van der Waals surface area contributed by atoms with Crippen LogP contribution in [0.4, 0.5) is 10.5 Å². The minimum atomic E-state index is -1.30. The first-order valence-corrected chi connectivity index (χ1v) is 6.30.